The van der Waals surface area contributed by atoms with E-state index in [0.29, 0.717) is 5.56 Å². The normalized spacial score (nSPS) is 22.9. The lowest BCUT2D eigenvalue weighted by Crippen LogP contribution is -2.25. The predicted molar refractivity (Wildman–Crippen MR) is 128 cm³/mol. The largest absolute Gasteiger partial charge is 0.762 e. The van der Waals surface area contributed by atoms with Crippen molar-refractivity contribution in [1.29, 1.82) is 0 Å². The first-order chi connectivity index (χ1) is 16.0. The maximum atomic E-state index is 13.4. The second-order valence-electron chi connectivity index (χ2n) is 8.90. The smallest absolute Gasteiger partial charge is 0.289 e. The van der Waals surface area contributed by atoms with E-state index in [9.17, 15) is 43.4 Å². The summed E-state index contributed by atoms with van der Waals surface area (Å²) in [5.74, 6) is -0.714. The zero-order valence-corrected chi connectivity index (χ0v) is 19.9. The highest BCUT2D eigenvalue weighted by Crippen LogP contribution is 2.44. The van der Waals surface area contributed by atoms with Crippen LogP contribution in [0.5, 0.6) is 0 Å². The lowest BCUT2D eigenvalue weighted by Gasteiger charge is -2.38. The fraction of sp³-hybridized carbons (Fsp3) is 0.714. The molecule has 0 N–H and O–H groups in total. The van der Waals surface area contributed by atoms with E-state index in [1.807, 2.05) is 0 Å². The molecule has 2 aliphatic rings. The molecule has 214 valence electrons. The van der Waals surface area contributed by atoms with Crippen LogP contribution in [0.25, 0.3) is 0 Å². The molecule has 2 saturated carbocycles. The zero-order valence-electron chi connectivity index (χ0n) is 19.9. The van der Waals surface area contributed by atoms with Crippen LogP contribution >= 0.6 is 0 Å². The molecule has 0 nitrogen and oxygen atoms in total. The van der Waals surface area contributed by atoms with Crippen LogP contribution in [0.4, 0.5) is 52.8 Å². The highest BCUT2D eigenvalue weighted by atomic mass is 19.4. The molecule has 0 amide bonds. The first-order valence-corrected chi connectivity index (χ1v) is 11.6. The first kappa shape index (κ1) is 36.7. The molecule has 0 aromatic heterocycles. The zero-order chi connectivity index (χ0) is 25.8. The van der Waals surface area contributed by atoms with Gasteiger partial charge in [0.25, 0.3) is 0 Å². The van der Waals surface area contributed by atoms with Gasteiger partial charge in [0, 0.05) is 4.28 Å². The molecule has 3 rings (SSSR count). The summed E-state index contributed by atoms with van der Waals surface area (Å²) >= 11 is 0. The van der Waals surface area contributed by atoms with Crippen molar-refractivity contribution in [1.82, 2.24) is 0 Å². The number of hydrogen-bond acceptors (Lipinski definition) is 0. The Morgan fingerprint density at radius 3 is 1.39 bits per heavy atom. The SMILES string of the molecule is CCCC1CCC(C2CCC(c3cc(F)c(F)c(F)c3)CC2)CC1.F.F.FB(F)B(F)F.FB(F)F.[HH].[HH].[HH]. The van der Waals surface area contributed by atoms with Crippen LogP contribution in [-0.2, 0) is 0 Å². The van der Waals surface area contributed by atoms with E-state index < -0.39 is 39.3 Å². The van der Waals surface area contributed by atoms with Crippen molar-refractivity contribution < 1.29 is 57.1 Å². The molecule has 1 aromatic carbocycles. The highest BCUT2D eigenvalue weighted by Gasteiger charge is 2.34. The average molecular weight is 550 g/mol. The summed E-state index contributed by atoms with van der Waals surface area (Å²) in [7, 11) is -10.6. The molecule has 0 heterocycles. The molecular weight excluding hydrogens is 513 g/mol. The van der Waals surface area contributed by atoms with E-state index in [-0.39, 0.29) is 19.6 Å². The Hall–Kier alpha value is -1.43. The van der Waals surface area contributed by atoms with Gasteiger partial charge < -0.3 is 0 Å². The van der Waals surface area contributed by atoms with Gasteiger partial charge in [0.05, 0.1) is 0 Å². The van der Waals surface area contributed by atoms with Gasteiger partial charge in [-0.15, -0.1) is 0 Å². The number of benzene rings is 1. The third-order valence-electron chi connectivity index (χ3n) is 6.69. The van der Waals surface area contributed by atoms with Crippen molar-refractivity contribution in [2.24, 2.45) is 17.8 Å². The van der Waals surface area contributed by atoms with Gasteiger partial charge in [0.1, 0.15) is 0 Å². The van der Waals surface area contributed by atoms with Crippen molar-refractivity contribution in [3.8, 4) is 0 Å². The Balaban J connectivity index is -0.000000223. The molecule has 0 radical (unpaired) electrons. The molecule has 0 aliphatic heterocycles. The summed E-state index contributed by atoms with van der Waals surface area (Å²) in [6.07, 6.45) is 12.4. The molecule has 1 aromatic rings. The van der Waals surface area contributed by atoms with Gasteiger partial charge in [-0.05, 0) is 79.9 Å². The average Bonchev–Trinajstić information content (AvgIpc) is 2.78. The summed E-state index contributed by atoms with van der Waals surface area (Å²) < 4.78 is 111. The lowest BCUT2D eigenvalue weighted by molar-refractivity contribution is 0.156. The Morgan fingerprint density at radius 1 is 0.694 bits per heavy atom. The molecule has 0 saturated heterocycles. The Labute approximate surface area is 209 Å². The summed E-state index contributed by atoms with van der Waals surface area (Å²) in [4.78, 5) is 0. The maximum absolute atomic E-state index is 13.4. The lowest BCUT2D eigenvalue weighted by atomic mass is 9.60. The minimum Gasteiger partial charge on any atom is -0.289 e. The fourth-order valence-electron chi connectivity index (χ4n) is 5.09. The van der Waals surface area contributed by atoms with Gasteiger partial charge in [-0.1, -0.05) is 32.6 Å². The van der Waals surface area contributed by atoms with Crippen molar-refractivity contribution in [2.75, 3.05) is 0 Å². The van der Waals surface area contributed by atoms with Crippen LogP contribution in [0.2, 0.25) is 0 Å². The second-order valence-corrected chi connectivity index (χ2v) is 8.90. The molecule has 15 heteroatoms. The van der Waals surface area contributed by atoms with Gasteiger partial charge in [-0.3, -0.25) is 39.6 Å². The van der Waals surface area contributed by atoms with Gasteiger partial charge in [0.15, 0.2) is 17.5 Å². The summed E-state index contributed by atoms with van der Waals surface area (Å²) in [6, 6.07) is 2.39. The summed E-state index contributed by atoms with van der Waals surface area (Å²) in [5.41, 5.74) is 0.636. The standard InChI is InChI=1S/C21H29F3.B2F4.BF3.2FH.3H2/c1-2-3-14-4-6-15(7-5-14)16-8-10-17(11-9-16)18-12-19(22)21(24)20(23)13-18;3-1(4)2(5)6;2-1(3)4;;;;;/h12-17H,2-11H2,1H3;;;5*1H. The van der Waals surface area contributed by atoms with Crippen molar-refractivity contribution in [3.63, 3.8) is 0 Å². The quantitative estimate of drug-likeness (QED) is 0.195. The maximum Gasteiger partial charge on any atom is 0.762 e. The van der Waals surface area contributed by atoms with Crippen LogP contribution in [0.15, 0.2) is 12.1 Å². The molecule has 0 spiro atoms. The molecule has 0 bridgehead atoms. The minimum absolute atomic E-state index is 0. The van der Waals surface area contributed by atoms with Gasteiger partial charge >= 0.3 is 21.9 Å². The van der Waals surface area contributed by atoms with Crippen molar-refractivity contribution in [3.05, 3.63) is 35.1 Å². The number of halogens is 12. The predicted octanol–water partition coefficient (Wildman–Crippen LogP) is 9.83. The Bertz CT molecular complexity index is 678. The topological polar surface area (TPSA) is 0 Å². The van der Waals surface area contributed by atoms with Crippen LogP contribution in [0.1, 0.15) is 86.9 Å². The molecule has 2 fully saturated rings. The van der Waals surface area contributed by atoms with E-state index in [1.165, 1.54) is 50.7 Å². The molecular formula is C21H37B3F12. The van der Waals surface area contributed by atoms with Gasteiger partial charge in [0.2, 0.25) is 0 Å². The second kappa shape index (κ2) is 18.8. The number of rotatable bonds is 5. The molecule has 0 atom stereocenters. The van der Waals surface area contributed by atoms with Crippen LogP contribution in [0.3, 0.4) is 0 Å². The Kier molecular flexibility index (Phi) is 19.1. The first-order valence-electron chi connectivity index (χ1n) is 11.6. The fourth-order valence-corrected chi connectivity index (χ4v) is 5.09. The van der Waals surface area contributed by atoms with Crippen molar-refractivity contribution in [2.45, 2.75) is 77.0 Å². The van der Waals surface area contributed by atoms with E-state index >= 15 is 0 Å². The van der Waals surface area contributed by atoms with Crippen LogP contribution < -0.4 is 0 Å². The van der Waals surface area contributed by atoms with Crippen molar-refractivity contribution >= 4 is 21.9 Å². The van der Waals surface area contributed by atoms with Crippen LogP contribution in [0, 0.1) is 35.2 Å². The molecule has 36 heavy (non-hydrogen) atoms. The van der Waals surface area contributed by atoms with Gasteiger partial charge in [-0.2, -0.15) is 0 Å². The van der Waals surface area contributed by atoms with E-state index in [4.69, 9.17) is 0 Å². The summed E-state index contributed by atoms with van der Waals surface area (Å²) in [5, 5.41) is 0. The monoisotopic (exact) mass is 550 g/mol. The molecule has 2 aliphatic carbocycles. The minimum atomic E-state index is -3.67. The number of hydrogen-bond donors (Lipinski definition) is 0. The van der Waals surface area contributed by atoms with E-state index in [1.54, 1.807) is 0 Å². The van der Waals surface area contributed by atoms with E-state index in [0.717, 1.165) is 43.4 Å². The van der Waals surface area contributed by atoms with E-state index in [2.05, 4.69) is 6.92 Å². The molecule has 0 unspecified atom stereocenters. The van der Waals surface area contributed by atoms with Gasteiger partial charge in [-0.25, -0.2) is 13.2 Å². The summed E-state index contributed by atoms with van der Waals surface area (Å²) in [6.45, 7) is 2.27. The highest BCUT2D eigenvalue weighted by molar-refractivity contribution is 7.09. The van der Waals surface area contributed by atoms with Crippen LogP contribution in [-0.4, -0.2) is 21.9 Å². The third-order valence-corrected chi connectivity index (χ3v) is 6.69. The third kappa shape index (κ3) is 13.2. The Morgan fingerprint density at radius 2 is 1.06 bits per heavy atom.